The van der Waals surface area contributed by atoms with E-state index in [1.54, 1.807) is 0 Å². The second-order valence-corrected chi connectivity index (χ2v) is 11.0. The van der Waals surface area contributed by atoms with Gasteiger partial charge in [-0.3, -0.25) is 4.79 Å². The molecule has 1 aliphatic heterocycles. The van der Waals surface area contributed by atoms with Crippen LogP contribution in [0.5, 0.6) is 11.5 Å². The van der Waals surface area contributed by atoms with Crippen LogP contribution >= 0.6 is 12.2 Å². The number of benzene rings is 4. The first-order chi connectivity index (χ1) is 19.8. The smallest absolute Gasteiger partial charge is 0.255 e. The zero-order valence-corrected chi connectivity index (χ0v) is 24.7. The average Bonchev–Trinajstić information content (AvgIpc) is 2.96. The molecule has 4 aromatic carbocycles. The molecule has 0 saturated carbocycles. The summed E-state index contributed by atoms with van der Waals surface area (Å²) in [4.78, 5) is 16.2. The first-order valence-electron chi connectivity index (χ1n) is 13.9. The number of carbonyl (C=O) groups is 1. The van der Waals surface area contributed by atoms with Crippen LogP contribution in [0.3, 0.4) is 0 Å². The van der Waals surface area contributed by atoms with Gasteiger partial charge in [0.25, 0.3) is 5.91 Å². The summed E-state index contributed by atoms with van der Waals surface area (Å²) >= 11 is 5.89. The van der Waals surface area contributed by atoms with Gasteiger partial charge in [-0.2, -0.15) is 0 Å². The zero-order valence-electron chi connectivity index (χ0n) is 23.8. The van der Waals surface area contributed by atoms with Crippen LogP contribution in [0.2, 0.25) is 0 Å². The number of allylic oxidation sites excluding steroid dienone is 1. The maximum Gasteiger partial charge on any atom is 0.255 e. The summed E-state index contributed by atoms with van der Waals surface area (Å²) < 4.78 is 6.12. The second-order valence-electron chi connectivity index (χ2n) is 10.6. The predicted molar refractivity (Wildman–Crippen MR) is 170 cm³/mol. The van der Waals surface area contributed by atoms with Crippen molar-refractivity contribution in [2.24, 2.45) is 0 Å². The van der Waals surface area contributed by atoms with Crippen molar-refractivity contribution < 1.29 is 9.53 Å². The van der Waals surface area contributed by atoms with E-state index < -0.39 is 6.04 Å². The van der Waals surface area contributed by atoms with Crippen LogP contribution in [0.4, 0.5) is 5.69 Å². The third kappa shape index (κ3) is 6.50. The quantitative estimate of drug-likeness (QED) is 0.212. The molecule has 0 fully saturated rings. The van der Waals surface area contributed by atoms with Crippen LogP contribution in [-0.4, -0.2) is 15.9 Å². The van der Waals surface area contributed by atoms with E-state index in [2.05, 4.69) is 61.7 Å². The molecule has 0 saturated heterocycles. The Morgan fingerprint density at radius 2 is 1.59 bits per heavy atom. The van der Waals surface area contributed by atoms with Crippen molar-refractivity contribution in [2.45, 2.75) is 46.2 Å². The van der Waals surface area contributed by atoms with Gasteiger partial charge in [-0.15, -0.1) is 0 Å². The number of amides is 1. The van der Waals surface area contributed by atoms with Crippen molar-refractivity contribution in [2.75, 3.05) is 5.32 Å². The van der Waals surface area contributed by atoms with Crippen molar-refractivity contribution in [1.82, 2.24) is 10.2 Å². The van der Waals surface area contributed by atoms with Gasteiger partial charge in [0.1, 0.15) is 11.5 Å². The highest BCUT2D eigenvalue weighted by Crippen LogP contribution is 2.35. The number of ether oxygens (including phenoxy) is 1. The molecule has 41 heavy (non-hydrogen) atoms. The lowest BCUT2D eigenvalue weighted by Crippen LogP contribution is -2.48. The lowest BCUT2D eigenvalue weighted by atomic mass is 9.93. The Labute approximate surface area is 247 Å². The summed E-state index contributed by atoms with van der Waals surface area (Å²) in [5.74, 6) is 1.53. The van der Waals surface area contributed by atoms with Gasteiger partial charge >= 0.3 is 0 Å². The third-order valence-electron chi connectivity index (χ3n) is 7.30. The molecule has 0 spiro atoms. The van der Waals surface area contributed by atoms with E-state index in [1.165, 1.54) is 5.56 Å². The number of thiocarbonyl (C=S) groups is 1. The molecule has 2 N–H and O–H groups in total. The largest absolute Gasteiger partial charge is 0.457 e. The molecule has 208 valence electrons. The Hall–Kier alpha value is -4.42. The normalized spacial score (nSPS) is 15.1. The number of hydrogen-bond donors (Lipinski definition) is 2. The minimum absolute atomic E-state index is 0.168. The van der Waals surface area contributed by atoms with Crippen molar-refractivity contribution in [1.29, 1.82) is 0 Å². The van der Waals surface area contributed by atoms with Gasteiger partial charge in [0.15, 0.2) is 5.11 Å². The highest BCUT2D eigenvalue weighted by Gasteiger charge is 2.34. The van der Waals surface area contributed by atoms with Crippen molar-refractivity contribution in [3.8, 4) is 11.5 Å². The van der Waals surface area contributed by atoms with Gasteiger partial charge in [0.2, 0.25) is 0 Å². The summed E-state index contributed by atoms with van der Waals surface area (Å²) in [5.41, 5.74) is 6.52. The molecule has 1 unspecified atom stereocenters. The van der Waals surface area contributed by atoms with E-state index in [0.717, 1.165) is 33.8 Å². The van der Waals surface area contributed by atoms with Gasteiger partial charge in [-0.25, -0.2) is 0 Å². The monoisotopic (exact) mass is 561 g/mol. The number of anilines is 1. The molecule has 1 atom stereocenters. The van der Waals surface area contributed by atoms with E-state index >= 15 is 0 Å². The second kappa shape index (κ2) is 12.4. The van der Waals surface area contributed by atoms with Gasteiger partial charge in [0.05, 0.1) is 11.6 Å². The summed E-state index contributed by atoms with van der Waals surface area (Å²) in [6, 6.07) is 33.3. The van der Waals surface area contributed by atoms with E-state index in [4.69, 9.17) is 17.0 Å². The molecule has 5 nitrogen and oxygen atoms in total. The maximum atomic E-state index is 14.2. The molecule has 0 radical (unpaired) electrons. The van der Waals surface area contributed by atoms with Crippen LogP contribution in [0.15, 0.2) is 114 Å². The molecular formula is C35H35N3O2S. The number of aryl methyl sites for hydroxylation is 1. The van der Waals surface area contributed by atoms with Crippen LogP contribution in [0.1, 0.15) is 55.0 Å². The standard InChI is InChI=1S/C35H35N3O2S/c1-23(2)30-15-8-9-16-31(30)36-34(39)32-25(4)38(22-26-19-17-24(3)18-20-26)35(41)37-33(32)27-11-10-14-29(21-27)40-28-12-6-5-7-13-28/h5-21,23,33H,22H2,1-4H3,(H,36,39)(H,37,41). The van der Waals surface area contributed by atoms with Crippen molar-refractivity contribution >= 4 is 28.9 Å². The third-order valence-corrected chi connectivity index (χ3v) is 7.64. The van der Waals surface area contributed by atoms with Crippen LogP contribution < -0.4 is 15.4 Å². The van der Waals surface area contributed by atoms with Crippen LogP contribution in [0, 0.1) is 6.92 Å². The van der Waals surface area contributed by atoms with E-state index in [-0.39, 0.29) is 11.8 Å². The zero-order chi connectivity index (χ0) is 28.9. The first kappa shape index (κ1) is 28.1. The lowest BCUT2D eigenvalue weighted by molar-refractivity contribution is -0.113. The fourth-order valence-corrected chi connectivity index (χ4v) is 5.40. The predicted octanol–water partition coefficient (Wildman–Crippen LogP) is 8.25. The van der Waals surface area contributed by atoms with E-state index in [1.807, 2.05) is 84.6 Å². The Morgan fingerprint density at radius 1 is 0.902 bits per heavy atom. The van der Waals surface area contributed by atoms with Crippen molar-refractivity contribution in [3.05, 3.63) is 137 Å². The molecule has 0 aromatic heterocycles. The number of hydrogen-bond acceptors (Lipinski definition) is 3. The Bertz CT molecular complexity index is 1580. The fourth-order valence-electron chi connectivity index (χ4n) is 5.08. The summed E-state index contributed by atoms with van der Waals surface area (Å²) in [5, 5.41) is 7.26. The van der Waals surface area contributed by atoms with Crippen LogP contribution in [0.25, 0.3) is 0 Å². The molecule has 6 heteroatoms. The molecule has 1 aliphatic rings. The highest BCUT2D eigenvalue weighted by atomic mass is 32.1. The Kier molecular flexibility index (Phi) is 8.50. The van der Waals surface area contributed by atoms with E-state index in [0.29, 0.717) is 23.0 Å². The van der Waals surface area contributed by atoms with Gasteiger partial charge in [-0.1, -0.05) is 92.2 Å². The van der Waals surface area contributed by atoms with Crippen LogP contribution in [-0.2, 0) is 11.3 Å². The minimum Gasteiger partial charge on any atom is -0.457 e. The maximum absolute atomic E-state index is 14.2. The Balaban J connectivity index is 1.53. The molecule has 0 aliphatic carbocycles. The number of carbonyl (C=O) groups excluding carboxylic acids is 1. The summed E-state index contributed by atoms with van der Waals surface area (Å²) in [6.45, 7) is 8.85. The molecule has 1 heterocycles. The van der Waals surface area contributed by atoms with E-state index in [9.17, 15) is 4.79 Å². The SMILES string of the molecule is CC1=C(C(=O)Nc2ccccc2C(C)C)C(c2cccc(Oc3ccccc3)c2)NC(=S)N1Cc1ccc(C)cc1. The Morgan fingerprint density at radius 3 is 2.32 bits per heavy atom. The molecular weight excluding hydrogens is 526 g/mol. The number of rotatable bonds is 8. The van der Waals surface area contributed by atoms with Gasteiger partial charge in [-0.05, 0) is 79.0 Å². The van der Waals surface area contributed by atoms with Gasteiger partial charge < -0.3 is 20.3 Å². The lowest BCUT2D eigenvalue weighted by Gasteiger charge is -2.38. The summed E-state index contributed by atoms with van der Waals surface area (Å²) in [7, 11) is 0. The molecule has 4 aromatic rings. The summed E-state index contributed by atoms with van der Waals surface area (Å²) in [6.07, 6.45) is 0. The van der Waals surface area contributed by atoms with Crippen molar-refractivity contribution in [3.63, 3.8) is 0 Å². The fraction of sp³-hybridized carbons (Fsp3) is 0.200. The number of nitrogens with zero attached hydrogens (tertiary/aromatic N) is 1. The first-order valence-corrected chi connectivity index (χ1v) is 14.3. The highest BCUT2D eigenvalue weighted by molar-refractivity contribution is 7.80. The number of nitrogens with one attached hydrogen (secondary N) is 2. The molecule has 1 amide bonds. The molecule has 0 bridgehead atoms. The topological polar surface area (TPSA) is 53.6 Å². The minimum atomic E-state index is -0.456. The average molecular weight is 562 g/mol. The molecule has 5 rings (SSSR count). The number of para-hydroxylation sites is 2. The van der Waals surface area contributed by atoms with Gasteiger partial charge in [0, 0.05) is 17.9 Å².